The summed E-state index contributed by atoms with van der Waals surface area (Å²) >= 11 is 0. The molecule has 0 spiro atoms. The molecule has 3 N–H and O–H groups in total. The van der Waals surface area contributed by atoms with E-state index in [1.165, 1.54) is 0 Å². The van der Waals surface area contributed by atoms with Gasteiger partial charge in [-0.05, 0) is 37.1 Å². The third-order valence-corrected chi connectivity index (χ3v) is 3.14. The fourth-order valence-electron chi connectivity index (χ4n) is 1.90. The predicted octanol–water partition coefficient (Wildman–Crippen LogP) is 2.72. The van der Waals surface area contributed by atoms with Crippen LogP contribution in [0.4, 0.5) is 0 Å². The molecule has 0 saturated heterocycles. The van der Waals surface area contributed by atoms with Gasteiger partial charge in [-0.3, -0.25) is 4.79 Å². The topological polar surface area (TPSA) is 64.3 Å². The molecule has 112 valence electrons. The van der Waals surface area contributed by atoms with E-state index in [2.05, 4.69) is 19.2 Å². The highest BCUT2D eigenvalue weighted by molar-refractivity contribution is 5.94. The molecular weight excluding hydrogens is 252 g/mol. The van der Waals surface area contributed by atoms with E-state index in [0.717, 1.165) is 31.4 Å². The first-order chi connectivity index (χ1) is 9.71. The highest BCUT2D eigenvalue weighted by Crippen LogP contribution is 2.13. The first-order valence-corrected chi connectivity index (χ1v) is 7.45. The third kappa shape index (κ3) is 5.61. The zero-order valence-electron chi connectivity index (χ0n) is 12.5. The van der Waals surface area contributed by atoms with Crippen LogP contribution in [-0.2, 0) is 0 Å². The van der Waals surface area contributed by atoms with Gasteiger partial charge < -0.3 is 15.8 Å². The summed E-state index contributed by atoms with van der Waals surface area (Å²) in [5.41, 5.74) is 6.28. The van der Waals surface area contributed by atoms with Crippen LogP contribution < -0.4 is 15.8 Å². The van der Waals surface area contributed by atoms with Gasteiger partial charge in [0.15, 0.2) is 0 Å². The van der Waals surface area contributed by atoms with Gasteiger partial charge in [0.2, 0.25) is 0 Å². The Morgan fingerprint density at radius 3 is 2.50 bits per heavy atom. The molecule has 1 amide bonds. The first-order valence-electron chi connectivity index (χ1n) is 7.45. The monoisotopic (exact) mass is 278 g/mol. The molecule has 1 aromatic rings. The highest BCUT2D eigenvalue weighted by atomic mass is 16.5. The molecule has 0 fully saturated rings. The molecule has 1 aromatic carbocycles. The molecule has 0 aliphatic heterocycles. The van der Waals surface area contributed by atoms with Gasteiger partial charge in [0, 0.05) is 18.2 Å². The first kappa shape index (κ1) is 16.5. The predicted molar refractivity (Wildman–Crippen MR) is 82.1 cm³/mol. The van der Waals surface area contributed by atoms with Gasteiger partial charge in [-0.15, -0.1) is 0 Å². The summed E-state index contributed by atoms with van der Waals surface area (Å²) in [5, 5.41) is 2.95. The minimum atomic E-state index is -0.0750. The van der Waals surface area contributed by atoms with Crippen molar-refractivity contribution in [3.8, 4) is 5.75 Å². The lowest BCUT2D eigenvalue weighted by atomic mass is 10.1. The van der Waals surface area contributed by atoms with Crippen molar-refractivity contribution in [2.45, 2.75) is 45.6 Å². The zero-order chi connectivity index (χ0) is 14.8. The maximum atomic E-state index is 12.1. The molecule has 0 aliphatic carbocycles. The summed E-state index contributed by atoms with van der Waals surface area (Å²) in [6.07, 6.45) is 4.06. The number of carbonyl (C=O) groups excluding carboxylic acids is 1. The Kier molecular flexibility index (Phi) is 7.73. The molecule has 4 heteroatoms. The van der Waals surface area contributed by atoms with Gasteiger partial charge in [0.05, 0.1) is 6.61 Å². The summed E-state index contributed by atoms with van der Waals surface area (Å²) in [6.45, 7) is 5.39. The average Bonchev–Trinajstić information content (AvgIpc) is 2.47. The SMILES string of the molecule is CCCCOc1ccc(C(=O)NC(CN)CCC)cc1. The zero-order valence-corrected chi connectivity index (χ0v) is 12.5. The maximum absolute atomic E-state index is 12.1. The van der Waals surface area contributed by atoms with E-state index in [1.807, 2.05) is 12.1 Å². The fourth-order valence-corrected chi connectivity index (χ4v) is 1.90. The van der Waals surface area contributed by atoms with Crippen molar-refractivity contribution in [2.75, 3.05) is 13.2 Å². The quantitative estimate of drug-likeness (QED) is 0.683. The number of nitrogens with two attached hydrogens (primary N) is 1. The summed E-state index contributed by atoms with van der Waals surface area (Å²) in [7, 11) is 0. The second kappa shape index (κ2) is 9.37. The molecule has 0 heterocycles. The van der Waals surface area contributed by atoms with Crippen molar-refractivity contribution in [2.24, 2.45) is 5.73 Å². The molecule has 0 aromatic heterocycles. The van der Waals surface area contributed by atoms with E-state index in [0.29, 0.717) is 18.7 Å². The van der Waals surface area contributed by atoms with Crippen LogP contribution in [-0.4, -0.2) is 25.1 Å². The van der Waals surface area contributed by atoms with Crippen LogP contribution in [0.25, 0.3) is 0 Å². The standard InChI is InChI=1S/C16H26N2O2/c1-3-5-11-20-15-9-7-13(8-10-15)16(19)18-14(12-17)6-4-2/h7-10,14H,3-6,11-12,17H2,1-2H3,(H,18,19). The van der Waals surface area contributed by atoms with Gasteiger partial charge in [-0.25, -0.2) is 0 Å². The Morgan fingerprint density at radius 2 is 1.95 bits per heavy atom. The van der Waals surface area contributed by atoms with Crippen LogP contribution in [0.2, 0.25) is 0 Å². The molecule has 0 bridgehead atoms. The van der Waals surface area contributed by atoms with E-state index in [1.54, 1.807) is 12.1 Å². The Hall–Kier alpha value is -1.55. The number of nitrogens with one attached hydrogen (secondary N) is 1. The second-order valence-electron chi connectivity index (χ2n) is 4.92. The number of unbranched alkanes of at least 4 members (excludes halogenated alkanes) is 1. The molecule has 0 radical (unpaired) electrons. The van der Waals surface area contributed by atoms with Gasteiger partial charge in [-0.2, -0.15) is 0 Å². The Morgan fingerprint density at radius 1 is 1.25 bits per heavy atom. The van der Waals surface area contributed by atoms with Crippen LogP contribution in [0.5, 0.6) is 5.75 Å². The van der Waals surface area contributed by atoms with Gasteiger partial charge >= 0.3 is 0 Å². The number of ether oxygens (including phenoxy) is 1. The van der Waals surface area contributed by atoms with Crippen LogP contribution >= 0.6 is 0 Å². The summed E-state index contributed by atoms with van der Waals surface area (Å²) in [5.74, 6) is 0.730. The highest BCUT2D eigenvalue weighted by Gasteiger charge is 2.11. The van der Waals surface area contributed by atoms with Crippen molar-refractivity contribution in [1.29, 1.82) is 0 Å². The number of hydrogen-bond acceptors (Lipinski definition) is 3. The lowest BCUT2D eigenvalue weighted by molar-refractivity contribution is 0.0936. The number of benzene rings is 1. The molecule has 1 atom stereocenters. The van der Waals surface area contributed by atoms with Crippen LogP contribution in [0.15, 0.2) is 24.3 Å². The third-order valence-electron chi connectivity index (χ3n) is 3.14. The number of hydrogen-bond donors (Lipinski definition) is 2. The van der Waals surface area contributed by atoms with E-state index in [9.17, 15) is 4.79 Å². The lowest BCUT2D eigenvalue weighted by Gasteiger charge is -2.16. The number of rotatable bonds is 9. The van der Waals surface area contributed by atoms with Gasteiger partial charge in [0.1, 0.15) is 5.75 Å². The Balaban J connectivity index is 2.52. The molecule has 1 unspecified atom stereocenters. The average molecular weight is 278 g/mol. The van der Waals surface area contributed by atoms with Gasteiger partial charge in [-0.1, -0.05) is 26.7 Å². The lowest BCUT2D eigenvalue weighted by Crippen LogP contribution is -2.40. The van der Waals surface area contributed by atoms with E-state index < -0.39 is 0 Å². The molecule has 0 saturated carbocycles. The molecular formula is C16H26N2O2. The Bertz CT molecular complexity index is 390. The van der Waals surface area contributed by atoms with E-state index in [-0.39, 0.29) is 11.9 Å². The normalized spacial score (nSPS) is 11.9. The van der Waals surface area contributed by atoms with Crippen molar-refractivity contribution in [3.63, 3.8) is 0 Å². The van der Waals surface area contributed by atoms with Crippen molar-refractivity contribution >= 4 is 5.91 Å². The second-order valence-corrected chi connectivity index (χ2v) is 4.92. The Labute approximate surface area is 121 Å². The van der Waals surface area contributed by atoms with Crippen molar-refractivity contribution in [1.82, 2.24) is 5.32 Å². The summed E-state index contributed by atoms with van der Waals surface area (Å²) in [6, 6.07) is 7.30. The van der Waals surface area contributed by atoms with E-state index >= 15 is 0 Å². The number of carbonyl (C=O) groups is 1. The van der Waals surface area contributed by atoms with Crippen LogP contribution in [0, 0.1) is 0 Å². The molecule has 1 rings (SSSR count). The largest absolute Gasteiger partial charge is 0.494 e. The van der Waals surface area contributed by atoms with Crippen molar-refractivity contribution in [3.05, 3.63) is 29.8 Å². The smallest absolute Gasteiger partial charge is 0.251 e. The summed E-state index contributed by atoms with van der Waals surface area (Å²) < 4.78 is 5.57. The summed E-state index contributed by atoms with van der Waals surface area (Å²) in [4.78, 5) is 12.1. The molecule has 0 aliphatic rings. The fraction of sp³-hybridized carbons (Fsp3) is 0.562. The van der Waals surface area contributed by atoms with Crippen LogP contribution in [0.3, 0.4) is 0 Å². The molecule has 20 heavy (non-hydrogen) atoms. The van der Waals surface area contributed by atoms with E-state index in [4.69, 9.17) is 10.5 Å². The van der Waals surface area contributed by atoms with Gasteiger partial charge in [0.25, 0.3) is 5.91 Å². The van der Waals surface area contributed by atoms with Crippen LogP contribution in [0.1, 0.15) is 49.9 Å². The number of amides is 1. The maximum Gasteiger partial charge on any atom is 0.251 e. The molecule has 4 nitrogen and oxygen atoms in total. The van der Waals surface area contributed by atoms with Crippen molar-refractivity contribution < 1.29 is 9.53 Å². The minimum absolute atomic E-state index is 0.0491. The minimum Gasteiger partial charge on any atom is -0.494 e.